The highest BCUT2D eigenvalue weighted by molar-refractivity contribution is 4.66. The van der Waals surface area contributed by atoms with Gasteiger partial charge in [-0.1, -0.05) is 13.0 Å². The molecule has 0 aliphatic rings. The number of unbranched alkanes of at least 4 members (excludes halogenated alkanes) is 1. The molecule has 0 amide bonds. The number of allylic oxidation sites excluding steroid dienone is 1. The first-order chi connectivity index (χ1) is 5.41. The molecule has 0 spiro atoms. The lowest BCUT2D eigenvalue weighted by molar-refractivity contribution is 0.610. The van der Waals surface area contributed by atoms with Crippen LogP contribution >= 0.6 is 0 Å². The van der Waals surface area contributed by atoms with E-state index >= 15 is 0 Å². The predicted octanol–water partition coefficient (Wildman–Crippen LogP) is 1.15. The molecule has 66 valence electrons. The molecule has 0 radical (unpaired) electrons. The minimum atomic E-state index is 1.06. The van der Waals surface area contributed by atoms with E-state index in [0.29, 0.717) is 0 Å². The number of nitrogens with one attached hydrogen (secondary N) is 2. The molecule has 2 N–H and O–H groups in total. The smallest absolute Gasteiger partial charge is 0.00767 e. The maximum atomic E-state index is 3.67. The highest BCUT2D eigenvalue weighted by Gasteiger charge is 1.84. The van der Waals surface area contributed by atoms with Crippen molar-refractivity contribution in [2.45, 2.75) is 19.8 Å². The molecule has 0 aliphatic carbocycles. The topological polar surface area (TPSA) is 24.1 Å². The molecule has 0 saturated carbocycles. The molecule has 0 saturated heterocycles. The van der Waals surface area contributed by atoms with E-state index in [1.807, 2.05) is 6.08 Å². The summed E-state index contributed by atoms with van der Waals surface area (Å²) in [5.41, 5.74) is 0. The van der Waals surface area contributed by atoms with Gasteiger partial charge in [-0.05, 0) is 25.9 Å². The second kappa shape index (κ2) is 9.66. The van der Waals surface area contributed by atoms with Gasteiger partial charge in [0.2, 0.25) is 0 Å². The first-order valence-corrected chi connectivity index (χ1v) is 4.44. The van der Waals surface area contributed by atoms with Crippen LogP contribution in [0.2, 0.25) is 0 Å². The van der Waals surface area contributed by atoms with Crippen LogP contribution in [0.1, 0.15) is 19.8 Å². The number of hydrogen-bond acceptors (Lipinski definition) is 2. The van der Waals surface area contributed by atoms with Crippen molar-refractivity contribution >= 4 is 0 Å². The quantitative estimate of drug-likeness (QED) is 0.407. The fourth-order valence-corrected chi connectivity index (χ4v) is 0.850. The van der Waals surface area contributed by atoms with Gasteiger partial charge < -0.3 is 10.6 Å². The number of hydrogen-bond donors (Lipinski definition) is 2. The van der Waals surface area contributed by atoms with E-state index in [9.17, 15) is 0 Å². The Morgan fingerprint density at radius 2 is 1.91 bits per heavy atom. The molecule has 0 aromatic rings. The van der Waals surface area contributed by atoms with Gasteiger partial charge >= 0.3 is 0 Å². The molecule has 0 bridgehead atoms. The van der Waals surface area contributed by atoms with Crippen LogP contribution in [0.15, 0.2) is 12.7 Å². The standard InChI is InChI=1S/C9H20N2/c1-3-5-6-7-11-9-8-10-4-2/h3,10-11H,1,4-9H2,2H3. The van der Waals surface area contributed by atoms with Crippen LogP contribution in [0.3, 0.4) is 0 Å². The Hall–Kier alpha value is -0.340. The van der Waals surface area contributed by atoms with Crippen LogP contribution in [-0.2, 0) is 0 Å². The fourth-order valence-electron chi connectivity index (χ4n) is 0.850. The van der Waals surface area contributed by atoms with Gasteiger partial charge in [0.05, 0.1) is 0 Å². The molecular weight excluding hydrogens is 136 g/mol. The van der Waals surface area contributed by atoms with Crippen molar-refractivity contribution in [2.75, 3.05) is 26.2 Å². The monoisotopic (exact) mass is 156 g/mol. The summed E-state index contributed by atoms with van der Waals surface area (Å²) in [6, 6.07) is 0. The van der Waals surface area contributed by atoms with Crippen molar-refractivity contribution in [3.8, 4) is 0 Å². The van der Waals surface area contributed by atoms with Gasteiger partial charge in [-0.2, -0.15) is 0 Å². The van der Waals surface area contributed by atoms with Crippen LogP contribution in [-0.4, -0.2) is 26.2 Å². The Kier molecular flexibility index (Phi) is 9.36. The van der Waals surface area contributed by atoms with E-state index in [2.05, 4.69) is 24.1 Å². The predicted molar refractivity (Wildman–Crippen MR) is 50.8 cm³/mol. The highest BCUT2D eigenvalue weighted by Crippen LogP contribution is 1.84. The number of rotatable bonds is 8. The van der Waals surface area contributed by atoms with Crippen molar-refractivity contribution in [2.24, 2.45) is 0 Å². The summed E-state index contributed by atoms with van der Waals surface area (Å²) in [5.74, 6) is 0. The molecule has 2 nitrogen and oxygen atoms in total. The van der Waals surface area contributed by atoms with Crippen molar-refractivity contribution in [1.82, 2.24) is 10.6 Å². The zero-order chi connectivity index (χ0) is 8.36. The Morgan fingerprint density at radius 1 is 1.18 bits per heavy atom. The van der Waals surface area contributed by atoms with Gasteiger partial charge in [-0.15, -0.1) is 6.58 Å². The SMILES string of the molecule is C=CCCCNCCNCC. The van der Waals surface area contributed by atoms with Crippen LogP contribution < -0.4 is 10.6 Å². The van der Waals surface area contributed by atoms with Crippen molar-refractivity contribution < 1.29 is 0 Å². The van der Waals surface area contributed by atoms with Gasteiger partial charge in [0.25, 0.3) is 0 Å². The average Bonchev–Trinajstić information content (AvgIpc) is 2.03. The molecule has 0 aromatic heterocycles. The zero-order valence-corrected chi connectivity index (χ0v) is 7.53. The first-order valence-electron chi connectivity index (χ1n) is 4.44. The third-order valence-corrected chi connectivity index (χ3v) is 1.49. The minimum Gasteiger partial charge on any atom is -0.316 e. The molecule has 0 rings (SSSR count). The molecule has 0 aliphatic heterocycles. The van der Waals surface area contributed by atoms with Gasteiger partial charge in [-0.3, -0.25) is 0 Å². The van der Waals surface area contributed by atoms with Gasteiger partial charge in [0.1, 0.15) is 0 Å². The maximum absolute atomic E-state index is 3.67. The highest BCUT2D eigenvalue weighted by atomic mass is 14.9. The molecule has 0 unspecified atom stereocenters. The molecule has 2 heteroatoms. The first kappa shape index (κ1) is 10.7. The Balaban J connectivity index is 2.74. The van der Waals surface area contributed by atoms with E-state index in [1.54, 1.807) is 0 Å². The fraction of sp³-hybridized carbons (Fsp3) is 0.778. The third-order valence-electron chi connectivity index (χ3n) is 1.49. The van der Waals surface area contributed by atoms with E-state index in [1.165, 1.54) is 6.42 Å². The van der Waals surface area contributed by atoms with Crippen LogP contribution in [0.5, 0.6) is 0 Å². The lowest BCUT2D eigenvalue weighted by Gasteiger charge is -2.03. The molecule has 0 fully saturated rings. The third kappa shape index (κ3) is 9.66. The van der Waals surface area contributed by atoms with Crippen molar-refractivity contribution in [3.63, 3.8) is 0 Å². The van der Waals surface area contributed by atoms with E-state index in [-0.39, 0.29) is 0 Å². The zero-order valence-electron chi connectivity index (χ0n) is 7.53. The average molecular weight is 156 g/mol. The van der Waals surface area contributed by atoms with Gasteiger partial charge in [-0.25, -0.2) is 0 Å². The lowest BCUT2D eigenvalue weighted by Crippen LogP contribution is -2.27. The summed E-state index contributed by atoms with van der Waals surface area (Å²) in [6.45, 7) is 10.1. The summed E-state index contributed by atoms with van der Waals surface area (Å²) in [4.78, 5) is 0. The normalized spacial score (nSPS) is 9.91. The Labute approximate surface area is 70.1 Å². The van der Waals surface area contributed by atoms with Crippen LogP contribution in [0.25, 0.3) is 0 Å². The van der Waals surface area contributed by atoms with E-state index in [4.69, 9.17) is 0 Å². The number of likely N-dealkylation sites (N-methyl/N-ethyl adjacent to an activating group) is 1. The minimum absolute atomic E-state index is 1.06. The second-order valence-electron chi connectivity index (χ2n) is 2.53. The maximum Gasteiger partial charge on any atom is 0.00767 e. The largest absolute Gasteiger partial charge is 0.316 e. The molecule has 0 heterocycles. The second-order valence-corrected chi connectivity index (χ2v) is 2.53. The summed E-state index contributed by atoms with van der Waals surface area (Å²) in [6.07, 6.45) is 4.29. The van der Waals surface area contributed by atoms with Gasteiger partial charge in [0, 0.05) is 13.1 Å². The molecule has 11 heavy (non-hydrogen) atoms. The van der Waals surface area contributed by atoms with Crippen LogP contribution in [0.4, 0.5) is 0 Å². The summed E-state index contributed by atoms with van der Waals surface area (Å²) in [7, 11) is 0. The van der Waals surface area contributed by atoms with E-state index in [0.717, 1.165) is 32.6 Å². The summed E-state index contributed by atoms with van der Waals surface area (Å²) < 4.78 is 0. The molecule has 0 atom stereocenters. The summed E-state index contributed by atoms with van der Waals surface area (Å²) in [5, 5.41) is 6.60. The van der Waals surface area contributed by atoms with Crippen molar-refractivity contribution in [1.29, 1.82) is 0 Å². The molecular formula is C9H20N2. The Bertz CT molecular complexity index is 81.6. The van der Waals surface area contributed by atoms with Gasteiger partial charge in [0.15, 0.2) is 0 Å². The lowest BCUT2D eigenvalue weighted by atomic mass is 10.3. The summed E-state index contributed by atoms with van der Waals surface area (Å²) >= 11 is 0. The van der Waals surface area contributed by atoms with E-state index < -0.39 is 0 Å². The Morgan fingerprint density at radius 3 is 2.55 bits per heavy atom. The van der Waals surface area contributed by atoms with Crippen molar-refractivity contribution in [3.05, 3.63) is 12.7 Å². The van der Waals surface area contributed by atoms with Crippen LogP contribution in [0, 0.1) is 0 Å². The molecule has 0 aromatic carbocycles.